The van der Waals surface area contributed by atoms with Gasteiger partial charge in [-0.2, -0.15) is 0 Å². The Balaban J connectivity index is 2.93. The van der Waals surface area contributed by atoms with Crippen LogP contribution in [-0.2, 0) is 11.3 Å². The van der Waals surface area contributed by atoms with Crippen molar-refractivity contribution in [3.05, 3.63) is 17.6 Å². The molecule has 6 heteroatoms. The molecule has 0 spiro atoms. The maximum Gasteiger partial charge on any atom is 0.140 e. The number of hydrogen-bond donors (Lipinski definition) is 1. The van der Waals surface area contributed by atoms with Crippen LogP contribution in [0.4, 0.5) is 5.82 Å². The average molecular weight is 186 g/mol. The molecule has 1 rings (SSSR count). The molecule has 0 saturated carbocycles. The van der Waals surface area contributed by atoms with E-state index in [-0.39, 0.29) is 0 Å². The van der Waals surface area contributed by atoms with Crippen LogP contribution in [-0.4, -0.2) is 18.7 Å². The summed E-state index contributed by atoms with van der Waals surface area (Å²) in [5.74, 6) is 0.844. The molecule has 0 fully saturated rings. The Kier molecular flexibility index (Phi) is 2.72. The molecule has 0 radical (unpaired) electrons. The highest BCUT2D eigenvalue weighted by atomic mass is 32.2. The fourth-order valence-corrected chi connectivity index (χ4v) is 1.13. The van der Waals surface area contributed by atoms with Crippen molar-refractivity contribution in [2.75, 3.05) is 4.72 Å². The lowest BCUT2D eigenvalue weighted by Gasteiger charge is -2.08. The summed E-state index contributed by atoms with van der Waals surface area (Å²) in [6.45, 7) is 3.47. The van der Waals surface area contributed by atoms with Crippen LogP contribution < -0.4 is 4.72 Å². The highest BCUT2D eigenvalue weighted by Crippen LogP contribution is 2.05. The maximum atomic E-state index is 10.2. The minimum atomic E-state index is -2.32. The molecule has 1 atom stereocenters. The zero-order valence-corrected chi connectivity index (χ0v) is 7.51. The molecule has 1 aromatic rings. The molecule has 1 N–H and O–H groups in total. The van der Waals surface area contributed by atoms with Crippen molar-refractivity contribution in [2.24, 2.45) is 0 Å². The first-order chi connectivity index (χ1) is 5.58. The van der Waals surface area contributed by atoms with Crippen LogP contribution in [0.5, 0.6) is 0 Å². The van der Waals surface area contributed by atoms with E-state index in [1.807, 2.05) is 0 Å². The van der Waals surface area contributed by atoms with E-state index in [2.05, 4.69) is 14.7 Å². The third-order valence-corrected chi connectivity index (χ3v) is 1.53. The standard InChI is InChI=1S/C6H9N3O2S/c1-4-3-6(9-12(10)11)8-5(2)7-4/h3H,1-2H3,(H,10,11)(H,7,8,9)/p-1. The second-order valence-electron chi connectivity index (χ2n) is 2.28. The number of rotatable bonds is 2. The highest BCUT2D eigenvalue weighted by molar-refractivity contribution is 7.80. The van der Waals surface area contributed by atoms with Crippen LogP contribution in [0.25, 0.3) is 0 Å². The lowest BCUT2D eigenvalue weighted by Crippen LogP contribution is -2.06. The molecule has 0 amide bonds. The summed E-state index contributed by atoms with van der Waals surface area (Å²) in [5.41, 5.74) is 0.732. The van der Waals surface area contributed by atoms with E-state index in [1.165, 1.54) is 0 Å². The smallest absolute Gasteiger partial charge is 0.140 e. The van der Waals surface area contributed by atoms with Gasteiger partial charge >= 0.3 is 0 Å². The Labute approximate surface area is 72.7 Å². The van der Waals surface area contributed by atoms with Crippen molar-refractivity contribution < 1.29 is 8.76 Å². The van der Waals surface area contributed by atoms with Crippen molar-refractivity contribution in [2.45, 2.75) is 13.8 Å². The Hall–Kier alpha value is -1.01. The van der Waals surface area contributed by atoms with Gasteiger partial charge in [-0.1, -0.05) is 0 Å². The number of aryl methyl sites for hydroxylation is 2. The van der Waals surface area contributed by atoms with Crippen molar-refractivity contribution in [3.63, 3.8) is 0 Å². The van der Waals surface area contributed by atoms with Crippen molar-refractivity contribution in [3.8, 4) is 0 Å². The van der Waals surface area contributed by atoms with Gasteiger partial charge in [-0.05, 0) is 13.8 Å². The molecule has 0 aliphatic rings. The summed E-state index contributed by atoms with van der Waals surface area (Å²) in [6, 6.07) is 1.56. The summed E-state index contributed by atoms with van der Waals surface area (Å²) >= 11 is -2.32. The summed E-state index contributed by atoms with van der Waals surface area (Å²) in [6.07, 6.45) is 0. The number of anilines is 1. The molecule has 12 heavy (non-hydrogen) atoms. The molecule has 0 saturated heterocycles. The van der Waals surface area contributed by atoms with E-state index in [9.17, 15) is 8.76 Å². The van der Waals surface area contributed by atoms with Gasteiger partial charge in [0.2, 0.25) is 0 Å². The lowest BCUT2D eigenvalue weighted by atomic mass is 10.4. The molecule has 1 heterocycles. The van der Waals surface area contributed by atoms with Gasteiger partial charge < -0.3 is 9.27 Å². The van der Waals surface area contributed by atoms with E-state index in [4.69, 9.17) is 0 Å². The van der Waals surface area contributed by atoms with Gasteiger partial charge in [0.25, 0.3) is 0 Å². The fourth-order valence-electron chi connectivity index (χ4n) is 0.855. The van der Waals surface area contributed by atoms with E-state index in [0.29, 0.717) is 11.6 Å². The Morgan fingerprint density at radius 3 is 2.67 bits per heavy atom. The molecule has 0 aliphatic carbocycles. The van der Waals surface area contributed by atoms with Gasteiger partial charge in [-0.25, -0.2) is 9.97 Å². The monoisotopic (exact) mass is 186 g/mol. The summed E-state index contributed by atoms with van der Waals surface area (Å²) in [4.78, 5) is 7.85. The Morgan fingerprint density at radius 1 is 1.50 bits per heavy atom. The van der Waals surface area contributed by atoms with Crippen LogP contribution in [0.2, 0.25) is 0 Å². The molecule has 1 unspecified atom stereocenters. The molecular formula is C6H8N3O2S-. The van der Waals surface area contributed by atoms with Crippen LogP contribution in [0.1, 0.15) is 11.5 Å². The summed E-state index contributed by atoms with van der Waals surface area (Å²) in [7, 11) is 0. The topological polar surface area (TPSA) is 77.9 Å². The zero-order chi connectivity index (χ0) is 9.14. The Morgan fingerprint density at radius 2 is 2.17 bits per heavy atom. The molecule has 0 aromatic carbocycles. The molecule has 66 valence electrons. The number of hydrogen-bond acceptors (Lipinski definition) is 4. The van der Waals surface area contributed by atoms with Crippen LogP contribution in [0.15, 0.2) is 6.07 Å². The SMILES string of the molecule is Cc1cc(NS(=O)[O-])nc(C)n1. The van der Waals surface area contributed by atoms with E-state index < -0.39 is 11.3 Å². The Bertz CT molecular complexity index is 295. The second kappa shape index (κ2) is 3.59. The molecule has 1 aromatic heterocycles. The quantitative estimate of drug-likeness (QED) is 0.674. The van der Waals surface area contributed by atoms with Crippen LogP contribution >= 0.6 is 0 Å². The third kappa shape index (κ3) is 2.55. The number of aromatic nitrogens is 2. The van der Waals surface area contributed by atoms with E-state index >= 15 is 0 Å². The molecular weight excluding hydrogens is 178 g/mol. The largest absolute Gasteiger partial charge is 0.755 e. The van der Waals surface area contributed by atoms with E-state index in [1.54, 1.807) is 19.9 Å². The predicted molar refractivity (Wildman–Crippen MR) is 44.0 cm³/mol. The maximum absolute atomic E-state index is 10.2. The van der Waals surface area contributed by atoms with Gasteiger partial charge in [0.1, 0.15) is 11.6 Å². The highest BCUT2D eigenvalue weighted by Gasteiger charge is 1.96. The van der Waals surface area contributed by atoms with Gasteiger partial charge in [0, 0.05) is 23.0 Å². The first kappa shape index (κ1) is 9.08. The van der Waals surface area contributed by atoms with Crippen molar-refractivity contribution in [1.29, 1.82) is 0 Å². The van der Waals surface area contributed by atoms with Crippen molar-refractivity contribution >= 4 is 17.1 Å². The minimum absolute atomic E-state index is 0.299. The number of nitrogens with one attached hydrogen (secondary N) is 1. The normalized spacial score (nSPS) is 12.6. The first-order valence-corrected chi connectivity index (χ1v) is 4.33. The number of nitrogens with zero attached hydrogens (tertiary/aromatic N) is 2. The lowest BCUT2D eigenvalue weighted by molar-refractivity contribution is 0.542. The summed E-state index contributed by atoms with van der Waals surface area (Å²) in [5, 5.41) is 0. The molecule has 0 aliphatic heterocycles. The second-order valence-corrected chi connectivity index (χ2v) is 2.95. The predicted octanol–water partition coefficient (Wildman–Crippen LogP) is 0.299. The summed E-state index contributed by atoms with van der Waals surface area (Å²) < 4.78 is 22.6. The minimum Gasteiger partial charge on any atom is -0.755 e. The molecule has 0 bridgehead atoms. The van der Waals surface area contributed by atoms with E-state index in [0.717, 1.165) is 5.69 Å². The van der Waals surface area contributed by atoms with Gasteiger partial charge in [-0.15, -0.1) is 0 Å². The van der Waals surface area contributed by atoms with Crippen molar-refractivity contribution in [1.82, 2.24) is 9.97 Å². The van der Waals surface area contributed by atoms with Gasteiger partial charge in [-0.3, -0.25) is 4.21 Å². The van der Waals surface area contributed by atoms with Gasteiger partial charge in [0.05, 0.1) is 0 Å². The average Bonchev–Trinajstić information content (AvgIpc) is 1.81. The van der Waals surface area contributed by atoms with Crippen LogP contribution in [0, 0.1) is 13.8 Å². The van der Waals surface area contributed by atoms with Gasteiger partial charge in [0.15, 0.2) is 0 Å². The van der Waals surface area contributed by atoms with Crippen LogP contribution in [0.3, 0.4) is 0 Å². The first-order valence-electron chi connectivity index (χ1n) is 3.26. The third-order valence-electron chi connectivity index (χ3n) is 1.15. The fraction of sp³-hybridized carbons (Fsp3) is 0.333. The molecule has 5 nitrogen and oxygen atoms in total. The zero-order valence-electron chi connectivity index (χ0n) is 6.70.